The Bertz CT molecular complexity index is 487. The van der Waals surface area contributed by atoms with Gasteiger partial charge >= 0.3 is 5.97 Å². The molecule has 1 aliphatic heterocycles. The molecule has 2 rings (SSSR count). The van der Waals surface area contributed by atoms with Crippen LogP contribution in [0.4, 0.5) is 5.69 Å². The van der Waals surface area contributed by atoms with Crippen molar-refractivity contribution in [1.82, 2.24) is 0 Å². The number of aliphatic carboxylic acids is 1. The van der Waals surface area contributed by atoms with Gasteiger partial charge in [0.1, 0.15) is 6.10 Å². The summed E-state index contributed by atoms with van der Waals surface area (Å²) in [5.74, 6) is -1.12. The van der Waals surface area contributed by atoms with Crippen molar-refractivity contribution >= 4 is 23.6 Å². The van der Waals surface area contributed by atoms with E-state index in [1.165, 1.54) is 6.08 Å². The fourth-order valence-corrected chi connectivity index (χ4v) is 1.85. The molecule has 1 atom stereocenters. The minimum Gasteiger partial charge on any atom is -0.478 e. The molecule has 1 saturated heterocycles. The molecule has 0 aromatic heterocycles. The lowest BCUT2D eigenvalue weighted by molar-refractivity contribution is -0.131. The summed E-state index contributed by atoms with van der Waals surface area (Å²) in [6, 6.07) is 6.94. The summed E-state index contributed by atoms with van der Waals surface area (Å²) in [4.78, 5) is 22.2. The van der Waals surface area contributed by atoms with Gasteiger partial charge in [0.15, 0.2) is 0 Å². The SMILES string of the molecule is O=C(O)/C=C/c1ccc(NC(=O)[C@H]2CCCO2)cc1. The summed E-state index contributed by atoms with van der Waals surface area (Å²) >= 11 is 0. The van der Waals surface area contributed by atoms with Gasteiger partial charge in [0.25, 0.3) is 5.91 Å². The summed E-state index contributed by atoms with van der Waals surface area (Å²) in [6.45, 7) is 0.636. The highest BCUT2D eigenvalue weighted by Crippen LogP contribution is 2.16. The summed E-state index contributed by atoms with van der Waals surface area (Å²) < 4.78 is 5.29. The first kappa shape index (κ1) is 13.3. The molecule has 1 fully saturated rings. The van der Waals surface area contributed by atoms with E-state index in [9.17, 15) is 9.59 Å². The van der Waals surface area contributed by atoms with E-state index in [1.54, 1.807) is 24.3 Å². The fraction of sp³-hybridized carbons (Fsp3) is 0.286. The molecular formula is C14H15NO4. The van der Waals surface area contributed by atoms with E-state index in [1.807, 2.05) is 0 Å². The predicted octanol–water partition coefficient (Wildman–Crippen LogP) is 1.90. The van der Waals surface area contributed by atoms with Gasteiger partial charge in [-0.05, 0) is 36.6 Å². The fourth-order valence-electron chi connectivity index (χ4n) is 1.85. The first-order valence-electron chi connectivity index (χ1n) is 6.09. The third kappa shape index (κ3) is 3.93. The van der Waals surface area contributed by atoms with E-state index >= 15 is 0 Å². The van der Waals surface area contributed by atoms with E-state index in [2.05, 4.69) is 5.32 Å². The van der Waals surface area contributed by atoms with Crippen molar-refractivity contribution in [3.63, 3.8) is 0 Å². The molecule has 1 heterocycles. The summed E-state index contributed by atoms with van der Waals surface area (Å²) in [5.41, 5.74) is 1.44. The lowest BCUT2D eigenvalue weighted by Crippen LogP contribution is -2.26. The number of hydrogen-bond acceptors (Lipinski definition) is 3. The zero-order chi connectivity index (χ0) is 13.7. The molecule has 5 nitrogen and oxygen atoms in total. The Hall–Kier alpha value is -2.14. The van der Waals surface area contributed by atoms with Crippen LogP contribution in [0.1, 0.15) is 18.4 Å². The number of rotatable bonds is 4. The van der Waals surface area contributed by atoms with Crippen LogP contribution >= 0.6 is 0 Å². The maximum absolute atomic E-state index is 11.8. The molecule has 1 aromatic carbocycles. The summed E-state index contributed by atoms with van der Waals surface area (Å²) in [6.07, 6.45) is 3.88. The molecule has 19 heavy (non-hydrogen) atoms. The topological polar surface area (TPSA) is 75.6 Å². The molecule has 0 unspecified atom stereocenters. The van der Waals surface area contributed by atoms with Crippen LogP contribution in [0.3, 0.4) is 0 Å². The molecule has 100 valence electrons. The minimum atomic E-state index is -0.990. The smallest absolute Gasteiger partial charge is 0.328 e. The normalized spacial score (nSPS) is 18.6. The minimum absolute atomic E-state index is 0.133. The van der Waals surface area contributed by atoms with Crippen LogP contribution in [0.2, 0.25) is 0 Å². The highest BCUT2D eigenvalue weighted by Gasteiger charge is 2.23. The van der Waals surface area contributed by atoms with Crippen LogP contribution in [-0.4, -0.2) is 29.7 Å². The van der Waals surface area contributed by atoms with Gasteiger partial charge in [-0.2, -0.15) is 0 Å². The lowest BCUT2D eigenvalue weighted by Gasteiger charge is -2.10. The second-order valence-electron chi connectivity index (χ2n) is 4.28. The van der Waals surface area contributed by atoms with E-state index in [0.29, 0.717) is 12.3 Å². The molecule has 5 heteroatoms. The Balaban J connectivity index is 1.94. The molecule has 0 aliphatic carbocycles. The number of carboxylic acids is 1. The molecule has 1 aromatic rings. The molecule has 0 spiro atoms. The van der Waals surface area contributed by atoms with Crippen molar-refractivity contribution in [2.75, 3.05) is 11.9 Å². The van der Waals surface area contributed by atoms with Gasteiger partial charge < -0.3 is 15.2 Å². The van der Waals surface area contributed by atoms with Crippen molar-refractivity contribution in [2.45, 2.75) is 18.9 Å². The van der Waals surface area contributed by atoms with Crippen LogP contribution in [0, 0.1) is 0 Å². The Morgan fingerprint density at radius 2 is 2.05 bits per heavy atom. The van der Waals surface area contributed by atoms with Crippen molar-refractivity contribution in [3.05, 3.63) is 35.9 Å². The molecule has 0 bridgehead atoms. The number of anilines is 1. The number of carbonyl (C=O) groups is 2. The maximum atomic E-state index is 11.8. The maximum Gasteiger partial charge on any atom is 0.328 e. The van der Waals surface area contributed by atoms with Crippen LogP contribution < -0.4 is 5.32 Å². The third-order valence-electron chi connectivity index (χ3n) is 2.82. The highest BCUT2D eigenvalue weighted by molar-refractivity contribution is 5.94. The average Bonchev–Trinajstić information content (AvgIpc) is 2.92. The largest absolute Gasteiger partial charge is 0.478 e. The summed E-state index contributed by atoms with van der Waals surface area (Å²) in [7, 11) is 0. The zero-order valence-electron chi connectivity index (χ0n) is 10.3. The number of carboxylic acid groups (broad SMARTS) is 1. The molecule has 0 radical (unpaired) electrons. The van der Waals surface area contributed by atoms with Crippen LogP contribution in [-0.2, 0) is 14.3 Å². The van der Waals surface area contributed by atoms with Gasteiger partial charge in [0.05, 0.1) is 0 Å². The monoisotopic (exact) mass is 261 g/mol. The Kier molecular flexibility index (Phi) is 4.30. The van der Waals surface area contributed by atoms with Gasteiger partial charge in [0.2, 0.25) is 0 Å². The van der Waals surface area contributed by atoms with Gasteiger partial charge in [-0.25, -0.2) is 4.79 Å². The Morgan fingerprint density at radius 3 is 2.63 bits per heavy atom. The predicted molar refractivity (Wildman–Crippen MR) is 70.7 cm³/mol. The van der Waals surface area contributed by atoms with E-state index < -0.39 is 5.97 Å². The van der Waals surface area contributed by atoms with E-state index in [-0.39, 0.29) is 12.0 Å². The van der Waals surface area contributed by atoms with Crippen LogP contribution in [0.5, 0.6) is 0 Å². The number of benzene rings is 1. The van der Waals surface area contributed by atoms with Crippen LogP contribution in [0.25, 0.3) is 6.08 Å². The highest BCUT2D eigenvalue weighted by atomic mass is 16.5. The summed E-state index contributed by atoms with van der Waals surface area (Å²) in [5, 5.41) is 11.3. The Labute approximate surface area is 110 Å². The second kappa shape index (κ2) is 6.15. The van der Waals surface area contributed by atoms with Crippen molar-refractivity contribution in [2.24, 2.45) is 0 Å². The quantitative estimate of drug-likeness (QED) is 0.812. The van der Waals surface area contributed by atoms with Gasteiger partial charge in [-0.1, -0.05) is 12.1 Å². The standard InChI is InChI=1S/C14H15NO4/c16-13(17)8-5-10-3-6-11(7-4-10)15-14(18)12-2-1-9-19-12/h3-8,12H,1-2,9H2,(H,15,18)(H,16,17)/b8-5+/t12-/m1/s1. The molecule has 0 saturated carbocycles. The number of amides is 1. The number of hydrogen-bond donors (Lipinski definition) is 2. The number of nitrogens with one attached hydrogen (secondary N) is 1. The number of ether oxygens (including phenoxy) is 1. The Morgan fingerprint density at radius 1 is 1.32 bits per heavy atom. The van der Waals surface area contributed by atoms with E-state index in [4.69, 9.17) is 9.84 Å². The second-order valence-corrected chi connectivity index (χ2v) is 4.28. The number of carbonyl (C=O) groups excluding carboxylic acids is 1. The van der Waals surface area contributed by atoms with Gasteiger partial charge in [0, 0.05) is 18.4 Å². The van der Waals surface area contributed by atoms with Crippen molar-refractivity contribution < 1.29 is 19.4 Å². The van der Waals surface area contributed by atoms with Gasteiger partial charge in [-0.3, -0.25) is 4.79 Å². The van der Waals surface area contributed by atoms with Gasteiger partial charge in [-0.15, -0.1) is 0 Å². The third-order valence-corrected chi connectivity index (χ3v) is 2.82. The van der Waals surface area contributed by atoms with Crippen molar-refractivity contribution in [3.8, 4) is 0 Å². The first-order chi connectivity index (χ1) is 9.15. The zero-order valence-corrected chi connectivity index (χ0v) is 10.3. The first-order valence-corrected chi connectivity index (χ1v) is 6.09. The molecular weight excluding hydrogens is 246 g/mol. The average molecular weight is 261 g/mol. The van der Waals surface area contributed by atoms with E-state index in [0.717, 1.165) is 24.5 Å². The van der Waals surface area contributed by atoms with Crippen LogP contribution in [0.15, 0.2) is 30.3 Å². The lowest BCUT2D eigenvalue weighted by atomic mass is 10.2. The molecule has 2 N–H and O–H groups in total. The molecule has 1 amide bonds. The van der Waals surface area contributed by atoms with Crippen molar-refractivity contribution in [1.29, 1.82) is 0 Å². The molecule has 1 aliphatic rings.